The lowest BCUT2D eigenvalue weighted by Crippen LogP contribution is -2.56. The van der Waals surface area contributed by atoms with Gasteiger partial charge < -0.3 is 19.3 Å². The lowest BCUT2D eigenvalue weighted by molar-refractivity contribution is -0.144. The summed E-state index contributed by atoms with van der Waals surface area (Å²) in [7, 11) is 3.71. The van der Waals surface area contributed by atoms with Gasteiger partial charge in [-0.1, -0.05) is 29.8 Å². The average Bonchev–Trinajstić information content (AvgIpc) is 3.01. The number of amides is 2. The number of β-lactam (4-membered cyclic amide) rings is 1. The fourth-order valence-electron chi connectivity index (χ4n) is 7.06. The van der Waals surface area contributed by atoms with Gasteiger partial charge in [0.15, 0.2) is 0 Å². The predicted octanol–water partition coefficient (Wildman–Crippen LogP) is 6.19. The van der Waals surface area contributed by atoms with Crippen molar-refractivity contribution >= 4 is 34.9 Å². The Balaban J connectivity index is 1.27. The Morgan fingerprint density at radius 1 is 1.02 bits per heavy atom. The van der Waals surface area contributed by atoms with Crippen molar-refractivity contribution in [2.24, 2.45) is 5.92 Å². The minimum absolute atomic E-state index is 0.00665. The number of methoxy groups -OCH3 is 1. The Morgan fingerprint density at radius 3 is 2.36 bits per heavy atom. The van der Waals surface area contributed by atoms with Gasteiger partial charge in [-0.3, -0.25) is 14.5 Å². The molecule has 0 radical (unpaired) electrons. The van der Waals surface area contributed by atoms with Crippen molar-refractivity contribution in [2.45, 2.75) is 70.2 Å². The number of carbonyl (C=O) groups excluding carboxylic acids is 2. The third-order valence-electron chi connectivity index (χ3n) is 9.33. The Hall–Kier alpha value is -3.62. The number of hydrogen-bond donors (Lipinski definition) is 0. The van der Waals surface area contributed by atoms with Crippen LogP contribution in [0.2, 0.25) is 5.02 Å². The van der Waals surface area contributed by atoms with E-state index >= 15 is 0 Å². The number of benzene rings is 2. The lowest BCUT2D eigenvalue weighted by Gasteiger charge is -2.46. The maximum atomic E-state index is 14.0. The molecule has 1 saturated heterocycles. The highest BCUT2D eigenvalue weighted by Crippen LogP contribution is 2.46. The molecule has 6 rings (SSSR count). The van der Waals surface area contributed by atoms with E-state index in [2.05, 4.69) is 16.8 Å². The van der Waals surface area contributed by atoms with Crippen LogP contribution in [0.3, 0.4) is 0 Å². The van der Waals surface area contributed by atoms with Crippen molar-refractivity contribution in [3.8, 4) is 5.75 Å². The monoisotopic (exact) mass is 616 g/mol. The molecule has 1 atom stereocenters. The number of likely N-dealkylation sites (tertiary alicyclic amines) is 1. The molecule has 44 heavy (non-hydrogen) atoms. The smallest absolute Gasteiger partial charge is 0.235 e. The molecule has 2 fully saturated rings. The number of carbonyl (C=O) groups is 2. The number of nitrogens with zero attached hydrogens (tertiary/aromatic N) is 4. The van der Waals surface area contributed by atoms with Gasteiger partial charge in [0.25, 0.3) is 0 Å². The van der Waals surface area contributed by atoms with Crippen LogP contribution in [0.15, 0.2) is 60.8 Å². The Bertz CT molecular complexity index is 1500. The zero-order chi connectivity index (χ0) is 31.0. The van der Waals surface area contributed by atoms with Crippen LogP contribution in [0, 0.1) is 5.92 Å². The molecule has 2 aliphatic heterocycles. The van der Waals surface area contributed by atoms with E-state index in [-0.39, 0.29) is 18.4 Å². The predicted molar refractivity (Wildman–Crippen MR) is 172 cm³/mol. The molecule has 1 aliphatic carbocycles. The summed E-state index contributed by atoms with van der Waals surface area (Å²) in [5.74, 6) is 1.98. The molecule has 1 aromatic heterocycles. The molecule has 1 saturated carbocycles. The molecule has 3 aromatic rings. The molecule has 0 spiro atoms. The first-order chi connectivity index (χ1) is 21.2. The van der Waals surface area contributed by atoms with Crippen LogP contribution in [-0.4, -0.2) is 61.1 Å². The lowest BCUT2D eigenvalue weighted by atomic mass is 9.83. The molecule has 0 N–H and O–H groups in total. The number of anilines is 2. The van der Waals surface area contributed by atoms with Crippen LogP contribution in [0.4, 0.5) is 11.5 Å². The number of fused-ring (bicyclic) bond motifs is 1. The summed E-state index contributed by atoms with van der Waals surface area (Å²) in [4.78, 5) is 36.6. The SMILES string of the molecule is CO[C@@]1(c2ccc(Cl)cc2)c2cc(OC(C)C)ccc2CC(=O)N1c1ccc(N(C)CC2CCC(N3CCC3=O)CC2)cn1. The van der Waals surface area contributed by atoms with Gasteiger partial charge >= 0.3 is 0 Å². The number of ether oxygens (including phenoxy) is 2. The van der Waals surface area contributed by atoms with Gasteiger partial charge in [0.1, 0.15) is 11.6 Å². The van der Waals surface area contributed by atoms with E-state index in [1.54, 1.807) is 12.0 Å². The summed E-state index contributed by atoms with van der Waals surface area (Å²) < 4.78 is 12.4. The number of halogens is 1. The molecule has 2 amide bonds. The Kier molecular flexibility index (Phi) is 8.57. The van der Waals surface area contributed by atoms with Crippen LogP contribution in [-0.2, 0) is 26.5 Å². The minimum Gasteiger partial charge on any atom is -0.491 e. The highest BCUT2D eigenvalue weighted by atomic mass is 35.5. The van der Waals surface area contributed by atoms with Gasteiger partial charge in [-0.15, -0.1) is 0 Å². The summed E-state index contributed by atoms with van der Waals surface area (Å²) in [6, 6.07) is 17.6. The van der Waals surface area contributed by atoms with Crippen molar-refractivity contribution in [3.63, 3.8) is 0 Å². The summed E-state index contributed by atoms with van der Waals surface area (Å²) in [5.41, 5.74) is 2.18. The van der Waals surface area contributed by atoms with Crippen molar-refractivity contribution in [3.05, 3.63) is 82.5 Å². The van der Waals surface area contributed by atoms with Crippen LogP contribution >= 0.6 is 11.6 Å². The van der Waals surface area contributed by atoms with Gasteiger partial charge in [-0.2, -0.15) is 0 Å². The van der Waals surface area contributed by atoms with E-state index in [0.717, 1.165) is 61.2 Å². The molecular weight excluding hydrogens is 576 g/mol. The standard InChI is InChI=1S/C35H41ClN4O4/c1-23(2)44-30-15-7-25-19-34(42)40(35(43-4,31(25)20-30)26-8-10-27(36)11-9-26)32-16-14-29(21-37-32)38(3)22-24-5-12-28(13-6-24)39-18-17-33(39)41/h7-11,14-16,20-21,23-24,28H,5-6,12-13,17-19,22H2,1-4H3/t24?,28?,35-/m0/s1. The van der Waals surface area contributed by atoms with Gasteiger partial charge in [-0.25, -0.2) is 4.98 Å². The molecule has 3 heterocycles. The quantitative estimate of drug-likeness (QED) is 0.267. The van der Waals surface area contributed by atoms with Gasteiger partial charge in [0.2, 0.25) is 17.5 Å². The third kappa shape index (κ3) is 5.66. The average molecular weight is 617 g/mol. The first-order valence-corrected chi connectivity index (χ1v) is 16.0. The van der Waals surface area contributed by atoms with Crippen LogP contribution in [0.25, 0.3) is 0 Å². The number of rotatable bonds is 9. The maximum absolute atomic E-state index is 14.0. The Labute approximate surface area is 264 Å². The molecule has 8 nitrogen and oxygen atoms in total. The topological polar surface area (TPSA) is 75.2 Å². The molecular formula is C35H41ClN4O4. The highest BCUT2D eigenvalue weighted by Gasteiger charge is 2.50. The maximum Gasteiger partial charge on any atom is 0.235 e. The second-order valence-corrected chi connectivity index (χ2v) is 12.9. The Morgan fingerprint density at radius 2 is 1.77 bits per heavy atom. The fraction of sp³-hybridized carbons (Fsp3) is 0.457. The van der Waals surface area contributed by atoms with Crippen LogP contribution in [0.1, 0.15) is 62.6 Å². The number of pyridine rings is 1. The second kappa shape index (κ2) is 12.4. The van der Waals surface area contributed by atoms with Gasteiger partial charge in [-0.05, 0) is 87.4 Å². The van der Waals surface area contributed by atoms with Crippen LogP contribution in [0.5, 0.6) is 5.75 Å². The van der Waals surface area contributed by atoms with Gasteiger partial charge in [0.05, 0.1) is 24.4 Å². The molecule has 0 bridgehead atoms. The van der Waals surface area contributed by atoms with Crippen molar-refractivity contribution in [1.82, 2.24) is 9.88 Å². The summed E-state index contributed by atoms with van der Waals surface area (Å²) in [5, 5.41) is 0.596. The normalized spacial score (nSPS) is 23.4. The van der Waals surface area contributed by atoms with Crippen molar-refractivity contribution in [2.75, 3.05) is 37.0 Å². The zero-order valence-electron chi connectivity index (χ0n) is 26.0. The second-order valence-electron chi connectivity index (χ2n) is 12.5. The summed E-state index contributed by atoms with van der Waals surface area (Å²) in [6.07, 6.45) is 7.14. The molecule has 2 aromatic carbocycles. The molecule has 9 heteroatoms. The van der Waals surface area contributed by atoms with E-state index < -0.39 is 5.72 Å². The third-order valence-corrected chi connectivity index (χ3v) is 9.59. The van der Waals surface area contributed by atoms with Crippen molar-refractivity contribution in [1.29, 1.82) is 0 Å². The first kappa shape index (κ1) is 30.4. The van der Waals surface area contributed by atoms with E-state index in [4.69, 9.17) is 26.1 Å². The summed E-state index contributed by atoms with van der Waals surface area (Å²) in [6.45, 7) is 5.82. The largest absolute Gasteiger partial charge is 0.491 e. The van der Waals surface area contributed by atoms with E-state index in [1.807, 2.05) is 74.6 Å². The zero-order valence-corrected chi connectivity index (χ0v) is 26.7. The summed E-state index contributed by atoms with van der Waals surface area (Å²) >= 11 is 6.28. The van der Waals surface area contributed by atoms with Crippen molar-refractivity contribution < 1.29 is 19.1 Å². The highest BCUT2D eigenvalue weighted by molar-refractivity contribution is 6.30. The van der Waals surface area contributed by atoms with Crippen LogP contribution < -0.4 is 14.5 Å². The molecule has 0 unspecified atom stereocenters. The van der Waals surface area contributed by atoms with E-state index in [9.17, 15) is 9.59 Å². The number of aromatic nitrogens is 1. The number of hydrogen-bond acceptors (Lipinski definition) is 6. The van der Waals surface area contributed by atoms with Gasteiger partial charge in [0, 0.05) is 55.9 Å². The molecule has 232 valence electrons. The van der Waals surface area contributed by atoms with E-state index in [1.165, 1.54) is 0 Å². The minimum atomic E-state index is -1.28. The fourth-order valence-corrected chi connectivity index (χ4v) is 7.19. The first-order valence-electron chi connectivity index (χ1n) is 15.6. The van der Waals surface area contributed by atoms with E-state index in [0.29, 0.717) is 40.9 Å². The molecule has 3 aliphatic rings.